The molecule has 0 saturated carbocycles. The molecular formula is C17H27N2O+. The second kappa shape index (κ2) is 6.40. The third kappa shape index (κ3) is 4.07. The Morgan fingerprint density at radius 1 is 1.15 bits per heavy atom. The van der Waals surface area contributed by atoms with E-state index in [1.807, 2.05) is 12.1 Å². The topological polar surface area (TPSA) is 33.5 Å². The summed E-state index contributed by atoms with van der Waals surface area (Å²) in [6, 6.07) is 7.97. The van der Waals surface area contributed by atoms with Crippen molar-refractivity contribution < 1.29 is 9.69 Å². The van der Waals surface area contributed by atoms with E-state index in [0.29, 0.717) is 0 Å². The number of amides is 1. The van der Waals surface area contributed by atoms with Crippen molar-refractivity contribution in [1.29, 1.82) is 0 Å². The SMILES string of the molecule is CC(C)(C)c1ccc(C(=O)NCC[NH+]2CCCC2)cc1. The van der Waals surface area contributed by atoms with Gasteiger partial charge in [0.25, 0.3) is 5.91 Å². The van der Waals surface area contributed by atoms with Gasteiger partial charge in [0.15, 0.2) is 0 Å². The van der Waals surface area contributed by atoms with Crippen molar-refractivity contribution in [3.05, 3.63) is 35.4 Å². The van der Waals surface area contributed by atoms with Crippen molar-refractivity contribution in [3.63, 3.8) is 0 Å². The van der Waals surface area contributed by atoms with E-state index < -0.39 is 0 Å². The number of likely N-dealkylation sites (tertiary alicyclic amines) is 1. The summed E-state index contributed by atoms with van der Waals surface area (Å²) in [5.74, 6) is 0.0454. The Bertz CT molecular complexity index is 439. The van der Waals surface area contributed by atoms with Gasteiger partial charge in [0.1, 0.15) is 0 Å². The Hall–Kier alpha value is -1.35. The van der Waals surface area contributed by atoms with E-state index in [0.717, 1.165) is 18.7 Å². The molecule has 1 aliphatic heterocycles. The first-order valence-corrected chi connectivity index (χ1v) is 7.69. The molecule has 1 aromatic carbocycles. The number of benzene rings is 1. The highest BCUT2D eigenvalue weighted by atomic mass is 16.1. The lowest BCUT2D eigenvalue weighted by Crippen LogP contribution is -3.10. The molecule has 20 heavy (non-hydrogen) atoms. The maximum atomic E-state index is 12.1. The van der Waals surface area contributed by atoms with E-state index in [1.165, 1.54) is 31.5 Å². The maximum Gasteiger partial charge on any atom is 0.251 e. The Kier molecular flexibility index (Phi) is 4.81. The number of rotatable bonds is 4. The molecule has 0 aliphatic carbocycles. The van der Waals surface area contributed by atoms with E-state index in [1.54, 1.807) is 4.90 Å². The van der Waals surface area contributed by atoms with Gasteiger partial charge in [-0.25, -0.2) is 0 Å². The average Bonchev–Trinajstić information content (AvgIpc) is 2.91. The number of carbonyl (C=O) groups is 1. The summed E-state index contributed by atoms with van der Waals surface area (Å²) in [6.45, 7) is 10.9. The highest BCUT2D eigenvalue weighted by molar-refractivity contribution is 5.94. The van der Waals surface area contributed by atoms with Crippen molar-refractivity contribution in [2.24, 2.45) is 0 Å². The lowest BCUT2D eigenvalue weighted by atomic mass is 9.87. The van der Waals surface area contributed by atoms with Crippen molar-refractivity contribution in [3.8, 4) is 0 Å². The van der Waals surface area contributed by atoms with E-state index in [9.17, 15) is 4.79 Å². The predicted octanol–water partition coefficient (Wildman–Crippen LogP) is 1.39. The molecule has 0 atom stereocenters. The van der Waals surface area contributed by atoms with Crippen LogP contribution in [0.3, 0.4) is 0 Å². The fraction of sp³-hybridized carbons (Fsp3) is 0.588. The smallest absolute Gasteiger partial charge is 0.251 e. The Balaban J connectivity index is 1.82. The van der Waals surface area contributed by atoms with Crippen LogP contribution in [0.2, 0.25) is 0 Å². The lowest BCUT2D eigenvalue weighted by Gasteiger charge is -2.19. The van der Waals surface area contributed by atoms with Crippen LogP contribution >= 0.6 is 0 Å². The normalized spacial score (nSPS) is 16.4. The summed E-state index contributed by atoms with van der Waals surface area (Å²) < 4.78 is 0. The number of hydrogen-bond donors (Lipinski definition) is 2. The largest absolute Gasteiger partial charge is 0.346 e. The van der Waals surface area contributed by atoms with Gasteiger partial charge >= 0.3 is 0 Å². The minimum Gasteiger partial charge on any atom is -0.346 e. The standard InChI is InChI=1S/C17H26N2O/c1-17(2,3)15-8-6-14(7-9-15)16(20)18-10-13-19-11-4-5-12-19/h6-9H,4-5,10-13H2,1-3H3,(H,18,20)/p+1. The van der Waals surface area contributed by atoms with E-state index in [4.69, 9.17) is 0 Å². The second-order valence-electron chi connectivity index (χ2n) is 6.79. The minimum atomic E-state index is 0.0454. The Labute approximate surface area is 122 Å². The monoisotopic (exact) mass is 275 g/mol. The van der Waals surface area contributed by atoms with Crippen LogP contribution in [0.5, 0.6) is 0 Å². The highest BCUT2D eigenvalue weighted by Crippen LogP contribution is 2.22. The molecule has 3 nitrogen and oxygen atoms in total. The Morgan fingerprint density at radius 2 is 1.75 bits per heavy atom. The van der Waals surface area contributed by atoms with Crippen LogP contribution in [0.4, 0.5) is 0 Å². The molecule has 1 fully saturated rings. The lowest BCUT2D eigenvalue weighted by molar-refractivity contribution is -0.886. The summed E-state index contributed by atoms with van der Waals surface area (Å²) in [7, 11) is 0. The fourth-order valence-electron chi connectivity index (χ4n) is 2.70. The molecule has 1 saturated heterocycles. The van der Waals surface area contributed by atoms with Gasteiger partial charge in [-0.2, -0.15) is 0 Å². The van der Waals surface area contributed by atoms with Crippen LogP contribution < -0.4 is 10.2 Å². The first-order chi connectivity index (χ1) is 9.47. The first kappa shape index (κ1) is 15.0. The first-order valence-electron chi connectivity index (χ1n) is 7.69. The van der Waals surface area contributed by atoms with Gasteiger partial charge in [0, 0.05) is 18.4 Å². The summed E-state index contributed by atoms with van der Waals surface area (Å²) in [5.41, 5.74) is 2.15. The van der Waals surface area contributed by atoms with Crippen LogP contribution in [0, 0.1) is 0 Å². The molecule has 0 unspecified atom stereocenters. The molecule has 3 heteroatoms. The van der Waals surface area contributed by atoms with Gasteiger partial charge < -0.3 is 10.2 Å². The summed E-state index contributed by atoms with van der Waals surface area (Å²) in [4.78, 5) is 13.7. The molecule has 2 rings (SSSR count). The molecule has 0 radical (unpaired) electrons. The maximum absolute atomic E-state index is 12.1. The molecule has 110 valence electrons. The summed E-state index contributed by atoms with van der Waals surface area (Å²) in [5, 5.41) is 3.02. The molecule has 1 amide bonds. The van der Waals surface area contributed by atoms with Gasteiger partial charge in [-0.05, 0) is 23.1 Å². The van der Waals surface area contributed by atoms with E-state index in [-0.39, 0.29) is 11.3 Å². The highest BCUT2D eigenvalue weighted by Gasteiger charge is 2.16. The van der Waals surface area contributed by atoms with Gasteiger partial charge in [0.05, 0.1) is 26.2 Å². The summed E-state index contributed by atoms with van der Waals surface area (Å²) in [6.07, 6.45) is 2.66. The number of quaternary nitrogens is 1. The number of nitrogens with one attached hydrogen (secondary N) is 2. The zero-order valence-corrected chi connectivity index (χ0v) is 13.0. The third-order valence-corrected chi connectivity index (χ3v) is 4.09. The van der Waals surface area contributed by atoms with Crippen LogP contribution in [0.25, 0.3) is 0 Å². The Morgan fingerprint density at radius 3 is 2.30 bits per heavy atom. The number of hydrogen-bond acceptors (Lipinski definition) is 1. The van der Waals surface area contributed by atoms with Gasteiger partial charge in [-0.3, -0.25) is 4.79 Å². The molecule has 0 aromatic heterocycles. The van der Waals surface area contributed by atoms with E-state index in [2.05, 4.69) is 38.2 Å². The molecule has 1 aliphatic rings. The number of carbonyl (C=O) groups excluding carboxylic acids is 1. The van der Waals surface area contributed by atoms with Crippen molar-refractivity contribution in [1.82, 2.24) is 5.32 Å². The van der Waals surface area contributed by atoms with E-state index >= 15 is 0 Å². The molecule has 1 heterocycles. The molecule has 0 bridgehead atoms. The van der Waals surface area contributed by atoms with Crippen molar-refractivity contribution in [2.45, 2.75) is 39.0 Å². The minimum absolute atomic E-state index is 0.0454. The third-order valence-electron chi connectivity index (χ3n) is 4.09. The van der Waals surface area contributed by atoms with Crippen LogP contribution in [-0.4, -0.2) is 32.1 Å². The average molecular weight is 275 g/mol. The van der Waals surface area contributed by atoms with Crippen molar-refractivity contribution in [2.75, 3.05) is 26.2 Å². The zero-order valence-electron chi connectivity index (χ0n) is 13.0. The summed E-state index contributed by atoms with van der Waals surface area (Å²) >= 11 is 0. The molecule has 0 spiro atoms. The van der Waals surface area contributed by atoms with Gasteiger partial charge in [-0.1, -0.05) is 32.9 Å². The second-order valence-corrected chi connectivity index (χ2v) is 6.79. The van der Waals surface area contributed by atoms with Crippen LogP contribution in [-0.2, 0) is 5.41 Å². The predicted molar refractivity (Wildman–Crippen MR) is 82.3 cm³/mol. The fourth-order valence-corrected chi connectivity index (χ4v) is 2.70. The van der Waals surface area contributed by atoms with Crippen LogP contribution in [0.1, 0.15) is 49.5 Å². The van der Waals surface area contributed by atoms with Gasteiger partial charge in [0.2, 0.25) is 0 Å². The van der Waals surface area contributed by atoms with Crippen LogP contribution in [0.15, 0.2) is 24.3 Å². The molecule has 2 N–H and O–H groups in total. The molecule has 1 aromatic rings. The van der Waals surface area contributed by atoms with Crippen molar-refractivity contribution >= 4 is 5.91 Å². The quantitative estimate of drug-likeness (QED) is 0.855. The zero-order chi connectivity index (χ0) is 14.6. The van der Waals surface area contributed by atoms with Gasteiger partial charge in [-0.15, -0.1) is 0 Å². The molecular weight excluding hydrogens is 248 g/mol.